The largest absolute Gasteiger partial charge is 0.398 e. The van der Waals surface area contributed by atoms with Gasteiger partial charge in [0.15, 0.2) is 0 Å². The second kappa shape index (κ2) is 5.58. The predicted molar refractivity (Wildman–Crippen MR) is 75.7 cm³/mol. The Balaban J connectivity index is 2.94. The van der Waals surface area contributed by atoms with E-state index in [1.807, 2.05) is 20.8 Å². The quantitative estimate of drug-likeness (QED) is 0.714. The fourth-order valence-electron chi connectivity index (χ4n) is 1.47. The topological polar surface area (TPSA) is 84.2 Å². The summed E-state index contributed by atoms with van der Waals surface area (Å²) in [4.78, 5) is 0. The summed E-state index contributed by atoms with van der Waals surface area (Å²) >= 11 is 0. The van der Waals surface area contributed by atoms with Crippen LogP contribution in [0, 0.1) is 19.8 Å². The van der Waals surface area contributed by atoms with Crippen LogP contribution in [0.1, 0.15) is 25.0 Å². The Kier molecular flexibility index (Phi) is 4.59. The van der Waals surface area contributed by atoms with Gasteiger partial charge in [-0.05, 0) is 37.0 Å². The molecule has 4 N–H and O–H groups in total. The first-order valence-electron chi connectivity index (χ1n) is 5.86. The van der Waals surface area contributed by atoms with Crippen molar-refractivity contribution in [3.63, 3.8) is 0 Å². The normalized spacial score (nSPS) is 11.8. The van der Waals surface area contributed by atoms with E-state index in [-0.39, 0.29) is 5.92 Å². The van der Waals surface area contributed by atoms with E-state index < -0.39 is 10.2 Å². The van der Waals surface area contributed by atoms with E-state index in [2.05, 4.69) is 9.44 Å². The maximum absolute atomic E-state index is 11.9. The molecular weight excluding hydrogens is 250 g/mol. The molecule has 0 aliphatic heterocycles. The number of anilines is 2. The SMILES string of the molecule is Cc1ccc(N)c(C)c1NS(=O)(=O)NCC(C)C. The van der Waals surface area contributed by atoms with E-state index in [9.17, 15) is 8.42 Å². The number of rotatable bonds is 5. The Hall–Kier alpha value is -1.27. The van der Waals surface area contributed by atoms with E-state index in [4.69, 9.17) is 5.73 Å². The van der Waals surface area contributed by atoms with Crippen LogP contribution >= 0.6 is 0 Å². The maximum atomic E-state index is 11.9. The Morgan fingerprint density at radius 3 is 2.44 bits per heavy atom. The highest BCUT2D eigenvalue weighted by Gasteiger charge is 2.14. The summed E-state index contributed by atoms with van der Waals surface area (Å²) in [5.74, 6) is 0.254. The van der Waals surface area contributed by atoms with Gasteiger partial charge in [0.05, 0.1) is 5.69 Å². The lowest BCUT2D eigenvalue weighted by molar-refractivity contribution is 0.565. The van der Waals surface area contributed by atoms with Gasteiger partial charge in [-0.25, -0.2) is 0 Å². The Morgan fingerprint density at radius 2 is 1.89 bits per heavy atom. The molecule has 18 heavy (non-hydrogen) atoms. The van der Waals surface area contributed by atoms with Crippen LogP contribution in [0.5, 0.6) is 0 Å². The minimum Gasteiger partial charge on any atom is -0.398 e. The number of hydrogen-bond acceptors (Lipinski definition) is 3. The molecule has 0 radical (unpaired) electrons. The molecule has 0 atom stereocenters. The number of aryl methyl sites for hydroxylation is 1. The summed E-state index contributed by atoms with van der Waals surface area (Å²) in [6.07, 6.45) is 0. The molecule has 0 saturated carbocycles. The van der Waals surface area contributed by atoms with Crippen molar-refractivity contribution in [3.05, 3.63) is 23.3 Å². The first-order valence-corrected chi connectivity index (χ1v) is 7.34. The molecule has 0 aromatic heterocycles. The summed E-state index contributed by atoms with van der Waals surface area (Å²) in [7, 11) is -3.55. The van der Waals surface area contributed by atoms with Crippen molar-refractivity contribution >= 4 is 21.6 Å². The zero-order valence-corrected chi connectivity index (χ0v) is 12.1. The van der Waals surface area contributed by atoms with Crippen LogP contribution in [0.15, 0.2) is 12.1 Å². The van der Waals surface area contributed by atoms with Gasteiger partial charge in [0.25, 0.3) is 10.2 Å². The van der Waals surface area contributed by atoms with Crippen LogP contribution in [0.25, 0.3) is 0 Å². The smallest absolute Gasteiger partial charge is 0.299 e. The van der Waals surface area contributed by atoms with Crippen molar-refractivity contribution in [2.45, 2.75) is 27.7 Å². The zero-order chi connectivity index (χ0) is 13.9. The molecule has 1 aromatic rings. The van der Waals surface area contributed by atoms with Gasteiger partial charge >= 0.3 is 0 Å². The fraction of sp³-hybridized carbons (Fsp3) is 0.500. The first-order chi connectivity index (χ1) is 8.23. The van der Waals surface area contributed by atoms with E-state index in [1.165, 1.54) is 0 Å². The minimum atomic E-state index is -3.55. The number of hydrogen-bond donors (Lipinski definition) is 3. The zero-order valence-electron chi connectivity index (χ0n) is 11.2. The van der Waals surface area contributed by atoms with Gasteiger partial charge in [-0.15, -0.1) is 0 Å². The summed E-state index contributed by atoms with van der Waals surface area (Å²) in [6, 6.07) is 3.56. The molecule has 0 fully saturated rings. The van der Waals surface area contributed by atoms with Gasteiger partial charge in [-0.1, -0.05) is 19.9 Å². The molecule has 6 heteroatoms. The van der Waals surface area contributed by atoms with Gasteiger partial charge < -0.3 is 5.73 Å². The molecule has 5 nitrogen and oxygen atoms in total. The molecule has 1 rings (SSSR count). The molecule has 0 amide bonds. The highest BCUT2D eigenvalue weighted by Crippen LogP contribution is 2.25. The Bertz CT molecular complexity index is 524. The lowest BCUT2D eigenvalue weighted by Crippen LogP contribution is -2.33. The van der Waals surface area contributed by atoms with E-state index >= 15 is 0 Å². The highest BCUT2D eigenvalue weighted by atomic mass is 32.2. The van der Waals surface area contributed by atoms with Crippen molar-refractivity contribution < 1.29 is 8.42 Å². The molecule has 1 aromatic carbocycles. The maximum Gasteiger partial charge on any atom is 0.299 e. The van der Waals surface area contributed by atoms with Crippen LogP contribution in [0.3, 0.4) is 0 Å². The van der Waals surface area contributed by atoms with Crippen molar-refractivity contribution in [3.8, 4) is 0 Å². The lowest BCUT2D eigenvalue weighted by atomic mass is 10.1. The second-order valence-corrected chi connectivity index (χ2v) is 6.32. The molecule has 0 spiro atoms. The average molecular weight is 271 g/mol. The van der Waals surface area contributed by atoms with E-state index in [0.29, 0.717) is 17.9 Å². The van der Waals surface area contributed by atoms with E-state index in [0.717, 1.165) is 11.1 Å². The average Bonchev–Trinajstić information content (AvgIpc) is 2.27. The molecule has 102 valence electrons. The lowest BCUT2D eigenvalue weighted by Gasteiger charge is -2.15. The van der Waals surface area contributed by atoms with Crippen molar-refractivity contribution in [1.29, 1.82) is 0 Å². The van der Waals surface area contributed by atoms with Gasteiger partial charge in [0.2, 0.25) is 0 Å². The summed E-state index contributed by atoms with van der Waals surface area (Å²) in [6.45, 7) is 7.92. The van der Waals surface area contributed by atoms with Crippen molar-refractivity contribution in [2.75, 3.05) is 17.0 Å². The third-order valence-electron chi connectivity index (χ3n) is 2.63. The highest BCUT2D eigenvalue weighted by molar-refractivity contribution is 7.90. The first kappa shape index (κ1) is 14.8. The molecule has 0 bridgehead atoms. The molecular formula is C12H21N3O2S. The van der Waals surface area contributed by atoms with Gasteiger partial charge in [0, 0.05) is 12.2 Å². The van der Waals surface area contributed by atoms with Crippen molar-refractivity contribution in [1.82, 2.24) is 4.72 Å². The standard InChI is InChI=1S/C12H21N3O2S/c1-8(2)7-14-18(16,17)15-12-9(3)5-6-11(13)10(12)4/h5-6,8,14-15H,7,13H2,1-4H3. The monoisotopic (exact) mass is 271 g/mol. The Labute approximate surface area is 109 Å². The number of benzene rings is 1. The molecule has 0 heterocycles. The van der Waals surface area contributed by atoms with Gasteiger partial charge in [-0.3, -0.25) is 4.72 Å². The molecule has 0 aliphatic carbocycles. The minimum absolute atomic E-state index is 0.254. The van der Waals surface area contributed by atoms with Crippen LogP contribution in [0.4, 0.5) is 11.4 Å². The number of nitrogens with two attached hydrogens (primary N) is 1. The van der Waals surface area contributed by atoms with Crippen molar-refractivity contribution in [2.24, 2.45) is 5.92 Å². The fourth-order valence-corrected chi connectivity index (χ4v) is 2.67. The predicted octanol–water partition coefficient (Wildman–Crippen LogP) is 1.79. The molecule has 0 unspecified atom stereocenters. The van der Waals surface area contributed by atoms with Gasteiger partial charge in [0.1, 0.15) is 0 Å². The number of nitrogen functional groups attached to an aromatic ring is 1. The summed E-state index contributed by atoms with van der Waals surface area (Å²) in [5.41, 5.74) is 8.48. The summed E-state index contributed by atoms with van der Waals surface area (Å²) in [5, 5.41) is 0. The van der Waals surface area contributed by atoms with Crippen LogP contribution < -0.4 is 15.2 Å². The second-order valence-electron chi connectivity index (χ2n) is 4.82. The molecule has 0 saturated heterocycles. The third-order valence-corrected chi connectivity index (χ3v) is 3.65. The Morgan fingerprint density at radius 1 is 1.28 bits per heavy atom. The van der Waals surface area contributed by atoms with E-state index in [1.54, 1.807) is 19.1 Å². The summed E-state index contributed by atoms with van der Waals surface area (Å²) < 4.78 is 28.7. The third kappa shape index (κ3) is 3.89. The van der Waals surface area contributed by atoms with Gasteiger partial charge in [-0.2, -0.15) is 13.1 Å². The van der Waals surface area contributed by atoms with Crippen LogP contribution in [-0.2, 0) is 10.2 Å². The molecule has 0 aliphatic rings. The van der Waals surface area contributed by atoms with Crippen LogP contribution in [-0.4, -0.2) is 15.0 Å². The number of nitrogens with one attached hydrogen (secondary N) is 2. The van der Waals surface area contributed by atoms with Crippen LogP contribution in [0.2, 0.25) is 0 Å².